The lowest BCUT2D eigenvalue weighted by atomic mass is 10.3. The third kappa shape index (κ3) is 3.02. The molecule has 0 amide bonds. The quantitative estimate of drug-likeness (QED) is 0.799. The normalized spacial score (nSPS) is 22.4. The summed E-state index contributed by atoms with van der Waals surface area (Å²) >= 11 is 1.62. The van der Waals surface area contributed by atoms with Crippen LogP contribution < -0.4 is 5.32 Å². The van der Waals surface area contributed by atoms with Crippen molar-refractivity contribution in [1.29, 1.82) is 0 Å². The molecule has 0 bridgehead atoms. The fourth-order valence-corrected chi connectivity index (χ4v) is 1.86. The highest BCUT2D eigenvalue weighted by atomic mass is 32.1. The standard InChI is InChI=1S/C9H14N2O2S/c1-2-13-8(3-10-1)5-12-6-9-4-11-7-14-9/h4,7-8,10H,1-3,5-6H2. The maximum atomic E-state index is 5.52. The molecular weight excluding hydrogens is 200 g/mol. The van der Waals surface area contributed by atoms with Crippen molar-refractivity contribution in [1.82, 2.24) is 10.3 Å². The second-order valence-corrected chi connectivity index (χ2v) is 4.15. The van der Waals surface area contributed by atoms with Gasteiger partial charge in [0.2, 0.25) is 0 Å². The van der Waals surface area contributed by atoms with Gasteiger partial charge in [-0.15, -0.1) is 11.3 Å². The van der Waals surface area contributed by atoms with Crippen LogP contribution in [0.1, 0.15) is 4.88 Å². The van der Waals surface area contributed by atoms with Crippen LogP contribution in [0, 0.1) is 0 Å². The molecule has 1 N–H and O–H groups in total. The van der Waals surface area contributed by atoms with Gasteiger partial charge < -0.3 is 14.8 Å². The summed E-state index contributed by atoms with van der Waals surface area (Å²) < 4.78 is 11.0. The van der Waals surface area contributed by atoms with Crippen molar-refractivity contribution in [2.24, 2.45) is 0 Å². The van der Waals surface area contributed by atoms with Gasteiger partial charge in [-0.3, -0.25) is 4.98 Å². The van der Waals surface area contributed by atoms with Gasteiger partial charge in [0.05, 0.1) is 36.3 Å². The van der Waals surface area contributed by atoms with Crippen LogP contribution in [0.3, 0.4) is 0 Å². The molecule has 0 radical (unpaired) electrons. The van der Waals surface area contributed by atoms with E-state index in [9.17, 15) is 0 Å². The predicted molar refractivity (Wildman–Crippen MR) is 54.4 cm³/mol. The van der Waals surface area contributed by atoms with Crippen LogP contribution in [0.25, 0.3) is 0 Å². The number of ether oxygens (including phenoxy) is 2. The zero-order valence-electron chi connectivity index (χ0n) is 7.94. The lowest BCUT2D eigenvalue weighted by Gasteiger charge is -2.23. The maximum Gasteiger partial charge on any atom is 0.0933 e. The Labute approximate surface area is 87.3 Å². The third-order valence-corrected chi connectivity index (χ3v) is 2.79. The summed E-state index contributed by atoms with van der Waals surface area (Å²) in [6.45, 7) is 3.93. The highest BCUT2D eigenvalue weighted by Crippen LogP contribution is 2.07. The Hall–Kier alpha value is -0.490. The molecular formula is C9H14N2O2S. The van der Waals surface area contributed by atoms with E-state index >= 15 is 0 Å². The van der Waals surface area contributed by atoms with Crippen molar-refractivity contribution >= 4 is 11.3 Å². The fraction of sp³-hybridized carbons (Fsp3) is 0.667. The molecule has 2 heterocycles. The Balaban J connectivity index is 1.62. The molecule has 14 heavy (non-hydrogen) atoms. The molecule has 2 rings (SSSR count). The summed E-state index contributed by atoms with van der Waals surface area (Å²) in [4.78, 5) is 5.14. The number of morpholine rings is 1. The lowest BCUT2D eigenvalue weighted by Crippen LogP contribution is -2.40. The van der Waals surface area contributed by atoms with Crippen LogP contribution in [0.5, 0.6) is 0 Å². The van der Waals surface area contributed by atoms with E-state index in [0.717, 1.165) is 24.6 Å². The van der Waals surface area contributed by atoms with Crippen LogP contribution in [-0.4, -0.2) is 37.4 Å². The second kappa shape index (κ2) is 5.41. The summed E-state index contributed by atoms with van der Waals surface area (Å²) in [5.74, 6) is 0. The molecule has 1 unspecified atom stereocenters. The first-order valence-corrected chi connectivity index (χ1v) is 5.60. The number of hydrogen-bond donors (Lipinski definition) is 1. The molecule has 1 saturated heterocycles. The number of aromatic nitrogens is 1. The zero-order chi connectivity index (χ0) is 9.64. The Kier molecular flexibility index (Phi) is 3.88. The first-order chi connectivity index (χ1) is 6.95. The van der Waals surface area contributed by atoms with E-state index in [2.05, 4.69) is 10.3 Å². The van der Waals surface area contributed by atoms with Crippen molar-refractivity contribution in [3.8, 4) is 0 Å². The lowest BCUT2D eigenvalue weighted by molar-refractivity contribution is -0.0353. The van der Waals surface area contributed by atoms with E-state index < -0.39 is 0 Å². The van der Waals surface area contributed by atoms with E-state index in [-0.39, 0.29) is 6.10 Å². The summed E-state index contributed by atoms with van der Waals surface area (Å²) in [6.07, 6.45) is 2.04. The summed E-state index contributed by atoms with van der Waals surface area (Å²) in [5, 5.41) is 3.26. The van der Waals surface area contributed by atoms with E-state index in [1.54, 1.807) is 11.3 Å². The van der Waals surface area contributed by atoms with Crippen molar-refractivity contribution in [2.45, 2.75) is 12.7 Å². The molecule has 0 aromatic carbocycles. The van der Waals surface area contributed by atoms with Crippen LogP contribution in [0.4, 0.5) is 0 Å². The number of hydrogen-bond acceptors (Lipinski definition) is 5. The number of nitrogens with zero attached hydrogens (tertiary/aromatic N) is 1. The number of thiazole rings is 1. The first-order valence-electron chi connectivity index (χ1n) is 4.72. The summed E-state index contributed by atoms with van der Waals surface area (Å²) in [5.41, 5.74) is 1.82. The van der Waals surface area contributed by atoms with Gasteiger partial charge in [0.15, 0.2) is 0 Å². The van der Waals surface area contributed by atoms with Crippen molar-refractivity contribution in [3.63, 3.8) is 0 Å². The minimum atomic E-state index is 0.205. The van der Waals surface area contributed by atoms with Gasteiger partial charge in [-0.25, -0.2) is 0 Å². The van der Waals surface area contributed by atoms with E-state index in [4.69, 9.17) is 9.47 Å². The maximum absolute atomic E-state index is 5.52. The molecule has 1 aromatic rings. The SMILES string of the molecule is c1ncc(COCC2CNCCO2)s1. The fourth-order valence-electron chi connectivity index (χ4n) is 1.33. The highest BCUT2D eigenvalue weighted by Gasteiger charge is 2.12. The zero-order valence-corrected chi connectivity index (χ0v) is 8.76. The third-order valence-electron chi connectivity index (χ3n) is 2.04. The smallest absolute Gasteiger partial charge is 0.0933 e. The van der Waals surface area contributed by atoms with Gasteiger partial charge in [-0.2, -0.15) is 0 Å². The molecule has 0 spiro atoms. The van der Waals surface area contributed by atoms with Crippen LogP contribution in [-0.2, 0) is 16.1 Å². The first kappa shape index (κ1) is 10.0. The van der Waals surface area contributed by atoms with Crippen LogP contribution in [0.15, 0.2) is 11.7 Å². The van der Waals surface area contributed by atoms with Crippen LogP contribution in [0.2, 0.25) is 0 Å². The van der Waals surface area contributed by atoms with Crippen molar-refractivity contribution < 1.29 is 9.47 Å². The van der Waals surface area contributed by atoms with Crippen LogP contribution >= 0.6 is 11.3 Å². The monoisotopic (exact) mass is 214 g/mol. The minimum absolute atomic E-state index is 0.205. The Morgan fingerprint density at radius 3 is 3.43 bits per heavy atom. The summed E-state index contributed by atoms with van der Waals surface area (Å²) in [7, 11) is 0. The second-order valence-electron chi connectivity index (χ2n) is 3.18. The molecule has 1 aliphatic heterocycles. The summed E-state index contributed by atoms with van der Waals surface area (Å²) in [6, 6.07) is 0. The van der Waals surface area contributed by atoms with Gasteiger partial charge in [-0.05, 0) is 0 Å². The van der Waals surface area contributed by atoms with E-state index in [1.807, 2.05) is 11.7 Å². The Morgan fingerprint density at radius 1 is 1.71 bits per heavy atom. The van der Waals surface area contributed by atoms with Gasteiger partial charge >= 0.3 is 0 Å². The molecule has 1 aromatic heterocycles. The topological polar surface area (TPSA) is 43.4 Å². The molecule has 0 saturated carbocycles. The Bertz CT molecular complexity index is 247. The van der Waals surface area contributed by atoms with Gasteiger partial charge in [-0.1, -0.05) is 0 Å². The minimum Gasteiger partial charge on any atom is -0.373 e. The van der Waals surface area contributed by atoms with Gasteiger partial charge in [0.1, 0.15) is 0 Å². The highest BCUT2D eigenvalue weighted by molar-refractivity contribution is 7.09. The molecule has 78 valence electrons. The number of nitrogens with one attached hydrogen (secondary N) is 1. The molecule has 1 atom stereocenters. The van der Waals surface area contributed by atoms with E-state index in [0.29, 0.717) is 13.2 Å². The van der Waals surface area contributed by atoms with E-state index in [1.165, 1.54) is 0 Å². The molecule has 4 nitrogen and oxygen atoms in total. The van der Waals surface area contributed by atoms with Gasteiger partial charge in [0, 0.05) is 19.3 Å². The largest absolute Gasteiger partial charge is 0.373 e. The Morgan fingerprint density at radius 2 is 2.71 bits per heavy atom. The van der Waals surface area contributed by atoms with Crippen molar-refractivity contribution in [3.05, 3.63) is 16.6 Å². The molecule has 1 fully saturated rings. The van der Waals surface area contributed by atoms with Crippen molar-refractivity contribution in [2.75, 3.05) is 26.3 Å². The average molecular weight is 214 g/mol. The predicted octanol–water partition coefficient (Wildman–Crippen LogP) is 0.648. The molecule has 1 aliphatic rings. The molecule has 5 heteroatoms. The van der Waals surface area contributed by atoms with Gasteiger partial charge in [0.25, 0.3) is 0 Å². The number of rotatable bonds is 4. The molecule has 0 aliphatic carbocycles. The average Bonchev–Trinajstić information content (AvgIpc) is 2.72.